The standard InChI is InChI=1S/C21H32N6O2/c1-4-22-20(24-15-21(10-5-11-21)12-13-28-2)23-14-18-25-19(27-26-18)16-6-8-17(29-3)9-7-16/h6-9H,4-5,10-15H2,1-3H3,(H2,22,23,24)(H,25,26,27). The van der Waals surface area contributed by atoms with Crippen LogP contribution in [-0.4, -0.2) is 55.1 Å². The normalized spacial score (nSPS) is 15.6. The number of aliphatic imine (C=N–C) groups is 1. The van der Waals surface area contributed by atoms with Crippen LogP contribution in [0.1, 0.15) is 38.4 Å². The van der Waals surface area contributed by atoms with Crippen LogP contribution in [0.3, 0.4) is 0 Å². The van der Waals surface area contributed by atoms with Crippen LogP contribution in [0.15, 0.2) is 29.3 Å². The van der Waals surface area contributed by atoms with Gasteiger partial charge in [0.05, 0.1) is 7.11 Å². The summed E-state index contributed by atoms with van der Waals surface area (Å²) in [4.78, 5) is 9.23. The minimum Gasteiger partial charge on any atom is -0.497 e. The van der Waals surface area contributed by atoms with Crippen molar-refractivity contribution in [2.24, 2.45) is 10.4 Å². The number of aromatic nitrogens is 3. The summed E-state index contributed by atoms with van der Waals surface area (Å²) in [6, 6.07) is 7.69. The first kappa shape index (κ1) is 21.1. The zero-order valence-corrected chi connectivity index (χ0v) is 17.6. The molecule has 1 aliphatic carbocycles. The Morgan fingerprint density at radius 2 is 2.00 bits per heavy atom. The van der Waals surface area contributed by atoms with E-state index in [4.69, 9.17) is 9.47 Å². The Morgan fingerprint density at radius 1 is 1.21 bits per heavy atom. The second kappa shape index (κ2) is 10.2. The van der Waals surface area contributed by atoms with E-state index in [1.807, 2.05) is 24.3 Å². The highest BCUT2D eigenvalue weighted by Gasteiger charge is 2.36. The Bertz CT molecular complexity index is 783. The van der Waals surface area contributed by atoms with E-state index in [9.17, 15) is 0 Å². The maximum absolute atomic E-state index is 5.28. The van der Waals surface area contributed by atoms with E-state index in [2.05, 4.69) is 37.7 Å². The highest BCUT2D eigenvalue weighted by atomic mass is 16.5. The van der Waals surface area contributed by atoms with Gasteiger partial charge in [-0.3, -0.25) is 5.10 Å². The molecule has 8 nitrogen and oxygen atoms in total. The van der Waals surface area contributed by atoms with E-state index < -0.39 is 0 Å². The van der Waals surface area contributed by atoms with Crippen LogP contribution in [-0.2, 0) is 11.3 Å². The molecular weight excluding hydrogens is 368 g/mol. The molecule has 0 atom stereocenters. The molecule has 0 radical (unpaired) electrons. The first-order valence-corrected chi connectivity index (χ1v) is 10.2. The van der Waals surface area contributed by atoms with Crippen LogP contribution in [0.25, 0.3) is 11.4 Å². The van der Waals surface area contributed by atoms with Crippen molar-refractivity contribution in [1.29, 1.82) is 0 Å². The average Bonchev–Trinajstić information content (AvgIpc) is 3.20. The fourth-order valence-corrected chi connectivity index (χ4v) is 3.51. The lowest BCUT2D eigenvalue weighted by Gasteiger charge is -2.42. The van der Waals surface area contributed by atoms with E-state index in [1.54, 1.807) is 14.2 Å². The van der Waals surface area contributed by atoms with Crippen molar-refractivity contribution in [2.45, 2.75) is 39.2 Å². The average molecular weight is 401 g/mol. The first-order chi connectivity index (χ1) is 14.2. The molecule has 3 N–H and O–H groups in total. The molecule has 0 spiro atoms. The number of nitrogens with zero attached hydrogens (tertiary/aromatic N) is 3. The molecule has 1 fully saturated rings. The molecular formula is C21H32N6O2. The monoisotopic (exact) mass is 400 g/mol. The van der Waals surface area contributed by atoms with E-state index in [0.29, 0.717) is 17.8 Å². The van der Waals surface area contributed by atoms with Crippen LogP contribution in [0.5, 0.6) is 5.75 Å². The topological polar surface area (TPSA) is 96.5 Å². The van der Waals surface area contributed by atoms with E-state index >= 15 is 0 Å². The lowest BCUT2D eigenvalue weighted by molar-refractivity contribution is 0.0732. The second-order valence-electron chi connectivity index (χ2n) is 7.48. The highest BCUT2D eigenvalue weighted by molar-refractivity contribution is 5.79. The van der Waals surface area contributed by atoms with Gasteiger partial charge in [-0.25, -0.2) is 9.98 Å². The molecule has 1 aromatic heterocycles. The first-order valence-electron chi connectivity index (χ1n) is 10.2. The molecule has 1 aromatic carbocycles. The molecule has 2 aromatic rings. The van der Waals surface area contributed by atoms with Crippen LogP contribution < -0.4 is 15.4 Å². The van der Waals surface area contributed by atoms with Crippen molar-refractivity contribution >= 4 is 5.96 Å². The third-order valence-electron chi connectivity index (χ3n) is 5.49. The fraction of sp³-hybridized carbons (Fsp3) is 0.571. The molecule has 0 aliphatic heterocycles. The predicted molar refractivity (Wildman–Crippen MR) is 114 cm³/mol. The van der Waals surface area contributed by atoms with Crippen LogP contribution in [0.2, 0.25) is 0 Å². The van der Waals surface area contributed by atoms with Gasteiger partial charge in [-0.05, 0) is 55.9 Å². The lowest BCUT2D eigenvalue weighted by Crippen LogP contribution is -2.47. The largest absolute Gasteiger partial charge is 0.497 e. The summed E-state index contributed by atoms with van der Waals surface area (Å²) < 4.78 is 10.5. The number of hydrogen-bond acceptors (Lipinski definition) is 5. The maximum Gasteiger partial charge on any atom is 0.191 e. The van der Waals surface area contributed by atoms with Crippen molar-refractivity contribution in [3.8, 4) is 17.1 Å². The number of rotatable bonds is 10. The van der Waals surface area contributed by atoms with Gasteiger partial charge >= 0.3 is 0 Å². The summed E-state index contributed by atoms with van der Waals surface area (Å²) in [6.07, 6.45) is 4.88. The predicted octanol–water partition coefficient (Wildman–Crippen LogP) is 2.74. The summed E-state index contributed by atoms with van der Waals surface area (Å²) in [5.74, 6) is 3.00. The molecule has 0 saturated heterocycles. The van der Waals surface area contributed by atoms with Gasteiger partial charge in [-0.15, -0.1) is 0 Å². The molecule has 0 amide bonds. The summed E-state index contributed by atoms with van der Waals surface area (Å²) >= 11 is 0. The highest BCUT2D eigenvalue weighted by Crippen LogP contribution is 2.43. The summed E-state index contributed by atoms with van der Waals surface area (Å²) in [6.45, 7) is 5.03. The number of hydrogen-bond donors (Lipinski definition) is 3. The molecule has 1 saturated carbocycles. The minimum atomic E-state index is 0.333. The summed E-state index contributed by atoms with van der Waals surface area (Å²) in [5.41, 5.74) is 1.27. The van der Waals surface area contributed by atoms with Crippen molar-refractivity contribution in [3.05, 3.63) is 30.1 Å². The zero-order chi connectivity index (χ0) is 20.5. The number of benzene rings is 1. The summed E-state index contributed by atoms with van der Waals surface area (Å²) in [7, 11) is 3.42. The van der Waals surface area contributed by atoms with Crippen LogP contribution in [0.4, 0.5) is 0 Å². The molecule has 158 valence electrons. The Balaban J connectivity index is 1.59. The van der Waals surface area contributed by atoms with E-state index in [0.717, 1.165) is 49.2 Å². The molecule has 8 heteroatoms. The van der Waals surface area contributed by atoms with Gasteiger partial charge in [0.25, 0.3) is 0 Å². The Morgan fingerprint density at radius 3 is 2.62 bits per heavy atom. The number of aromatic amines is 1. The van der Waals surface area contributed by atoms with Gasteiger partial charge in [0.15, 0.2) is 11.8 Å². The molecule has 29 heavy (non-hydrogen) atoms. The number of nitrogens with one attached hydrogen (secondary N) is 3. The van der Waals surface area contributed by atoms with E-state index in [-0.39, 0.29) is 0 Å². The van der Waals surface area contributed by atoms with Gasteiger partial charge in [0.1, 0.15) is 18.1 Å². The Hall–Kier alpha value is -2.61. The second-order valence-corrected chi connectivity index (χ2v) is 7.48. The minimum absolute atomic E-state index is 0.333. The fourth-order valence-electron chi connectivity index (χ4n) is 3.51. The number of methoxy groups -OCH3 is 2. The van der Waals surface area contributed by atoms with Crippen LogP contribution >= 0.6 is 0 Å². The van der Waals surface area contributed by atoms with Gasteiger partial charge in [0.2, 0.25) is 0 Å². The van der Waals surface area contributed by atoms with Crippen LogP contribution in [0, 0.1) is 5.41 Å². The third-order valence-corrected chi connectivity index (χ3v) is 5.49. The molecule has 1 aliphatic rings. The number of guanidine groups is 1. The Labute approximate surface area is 172 Å². The van der Waals surface area contributed by atoms with Crippen molar-refractivity contribution < 1.29 is 9.47 Å². The third kappa shape index (κ3) is 5.69. The smallest absolute Gasteiger partial charge is 0.191 e. The maximum atomic E-state index is 5.28. The van der Waals surface area contributed by atoms with Crippen molar-refractivity contribution in [3.63, 3.8) is 0 Å². The molecule has 3 rings (SSSR count). The molecule has 1 heterocycles. The molecule has 0 bridgehead atoms. The zero-order valence-electron chi connectivity index (χ0n) is 17.6. The SMILES string of the molecule is CCNC(=NCc1nc(-c2ccc(OC)cc2)n[nH]1)NCC1(CCOC)CCC1. The van der Waals surface area contributed by atoms with E-state index in [1.165, 1.54) is 19.3 Å². The van der Waals surface area contributed by atoms with Gasteiger partial charge < -0.3 is 20.1 Å². The number of ether oxygens (including phenoxy) is 2. The lowest BCUT2D eigenvalue weighted by atomic mass is 9.67. The summed E-state index contributed by atoms with van der Waals surface area (Å²) in [5, 5.41) is 14.1. The van der Waals surface area contributed by atoms with Crippen molar-refractivity contribution in [2.75, 3.05) is 33.9 Å². The Kier molecular flexibility index (Phi) is 7.46. The number of H-pyrrole nitrogens is 1. The molecule has 0 unspecified atom stereocenters. The quantitative estimate of drug-likeness (QED) is 0.419. The van der Waals surface area contributed by atoms with Crippen molar-refractivity contribution in [1.82, 2.24) is 25.8 Å². The van der Waals surface area contributed by atoms with Gasteiger partial charge in [-0.1, -0.05) is 6.42 Å². The van der Waals surface area contributed by atoms with Gasteiger partial charge in [0, 0.05) is 32.4 Å². The van der Waals surface area contributed by atoms with Gasteiger partial charge in [-0.2, -0.15) is 5.10 Å².